The van der Waals surface area contributed by atoms with Gasteiger partial charge in [0, 0.05) is 24.5 Å². The summed E-state index contributed by atoms with van der Waals surface area (Å²) in [5.41, 5.74) is 0.117. The van der Waals surface area contributed by atoms with E-state index in [9.17, 15) is 9.59 Å². The number of halogens is 1. The van der Waals surface area contributed by atoms with Crippen molar-refractivity contribution in [2.75, 3.05) is 13.6 Å². The van der Waals surface area contributed by atoms with Crippen molar-refractivity contribution in [3.63, 3.8) is 0 Å². The van der Waals surface area contributed by atoms with Crippen LogP contribution in [0.2, 0.25) is 0 Å². The topological polar surface area (TPSA) is 66.8 Å². The average Bonchev–Trinajstić information content (AvgIpc) is 2.63. The second-order valence-electron chi connectivity index (χ2n) is 4.10. The molecule has 18 heavy (non-hydrogen) atoms. The number of carbonyl (C=O) groups excluding carboxylic acids is 1. The van der Waals surface area contributed by atoms with Crippen LogP contribution in [0.25, 0.3) is 0 Å². The molecule has 0 aliphatic carbocycles. The quantitative estimate of drug-likeness (QED) is 0.923. The van der Waals surface area contributed by atoms with Crippen LogP contribution in [0.15, 0.2) is 22.7 Å². The Morgan fingerprint density at radius 2 is 2.28 bits per heavy atom. The third-order valence-electron chi connectivity index (χ3n) is 2.82. The summed E-state index contributed by atoms with van der Waals surface area (Å²) < 4.78 is 6.01. The molecule has 1 fully saturated rings. The number of rotatable bonds is 3. The third-order valence-corrected chi connectivity index (χ3v) is 3.52. The molecule has 1 unspecified atom stereocenters. The Hall–Kier alpha value is -1.56. The van der Waals surface area contributed by atoms with Crippen LogP contribution in [-0.4, -0.2) is 41.6 Å². The summed E-state index contributed by atoms with van der Waals surface area (Å²) in [6.07, 6.45) is 0.103. The van der Waals surface area contributed by atoms with E-state index in [0.717, 1.165) is 0 Å². The molecule has 1 atom stereocenters. The summed E-state index contributed by atoms with van der Waals surface area (Å²) in [7, 11) is 1.72. The summed E-state index contributed by atoms with van der Waals surface area (Å²) in [5, 5.41) is 8.98. The van der Waals surface area contributed by atoms with E-state index in [1.165, 1.54) is 6.07 Å². The van der Waals surface area contributed by atoms with Crippen molar-refractivity contribution < 1.29 is 19.4 Å². The first-order chi connectivity index (χ1) is 8.49. The number of carboxylic acids is 1. The Kier molecular flexibility index (Phi) is 3.56. The number of hydrogen-bond acceptors (Lipinski definition) is 3. The molecular weight excluding hydrogens is 302 g/mol. The SMILES string of the molecule is CN1CCC(Oc2ccc(Br)c(C(=O)O)c2)C1=O. The zero-order valence-electron chi connectivity index (χ0n) is 9.72. The lowest BCUT2D eigenvalue weighted by Gasteiger charge is -2.13. The van der Waals surface area contributed by atoms with Gasteiger partial charge in [-0.2, -0.15) is 0 Å². The fourth-order valence-electron chi connectivity index (χ4n) is 1.81. The molecule has 0 saturated carbocycles. The summed E-state index contributed by atoms with van der Waals surface area (Å²) in [5.74, 6) is -0.721. The van der Waals surface area contributed by atoms with Crippen LogP contribution < -0.4 is 4.74 Å². The first-order valence-electron chi connectivity index (χ1n) is 5.43. The predicted molar refractivity (Wildman–Crippen MR) is 67.8 cm³/mol. The van der Waals surface area contributed by atoms with Gasteiger partial charge in [0.2, 0.25) is 0 Å². The monoisotopic (exact) mass is 313 g/mol. The lowest BCUT2D eigenvalue weighted by atomic mass is 10.2. The maximum absolute atomic E-state index is 11.7. The average molecular weight is 314 g/mol. The van der Waals surface area contributed by atoms with E-state index in [4.69, 9.17) is 9.84 Å². The van der Waals surface area contributed by atoms with E-state index >= 15 is 0 Å². The van der Waals surface area contributed by atoms with E-state index in [1.54, 1.807) is 24.1 Å². The summed E-state index contributed by atoms with van der Waals surface area (Å²) in [6.45, 7) is 0.659. The molecule has 1 aliphatic heterocycles. The molecule has 1 aromatic carbocycles. The largest absolute Gasteiger partial charge is 0.481 e. The number of nitrogens with zero attached hydrogens (tertiary/aromatic N) is 1. The molecule has 1 aromatic rings. The van der Waals surface area contributed by atoms with Crippen LogP contribution in [0.5, 0.6) is 5.75 Å². The fourth-order valence-corrected chi connectivity index (χ4v) is 2.22. The molecule has 0 bridgehead atoms. The van der Waals surface area contributed by atoms with Crippen molar-refractivity contribution in [2.24, 2.45) is 0 Å². The van der Waals surface area contributed by atoms with Gasteiger partial charge in [0.05, 0.1) is 5.56 Å². The summed E-state index contributed by atoms with van der Waals surface area (Å²) >= 11 is 3.15. The summed E-state index contributed by atoms with van der Waals surface area (Å²) in [4.78, 5) is 24.2. The van der Waals surface area contributed by atoms with E-state index in [2.05, 4.69) is 15.9 Å². The number of aromatic carboxylic acids is 1. The van der Waals surface area contributed by atoms with Crippen LogP contribution >= 0.6 is 15.9 Å². The van der Waals surface area contributed by atoms with Gasteiger partial charge in [-0.25, -0.2) is 4.79 Å². The molecule has 1 aliphatic rings. The van der Waals surface area contributed by atoms with Crippen LogP contribution in [0.3, 0.4) is 0 Å². The Morgan fingerprint density at radius 1 is 1.56 bits per heavy atom. The molecule has 0 spiro atoms. The number of carboxylic acid groups (broad SMARTS) is 1. The van der Waals surface area contributed by atoms with Crippen LogP contribution in [0, 0.1) is 0 Å². The van der Waals surface area contributed by atoms with Crippen LogP contribution in [0.1, 0.15) is 16.8 Å². The minimum absolute atomic E-state index is 0.0743. The highest BCUT2D eigenvalue weighted by atomic mass is 79.9. The van der Waals surface area contributed by atoms with Crippen molar-refractivity contribution in [3.05, 3.63) is 28.2 Å². The smallest absolute Gasteiger partial charge is 0.336 e. The van der Waals surface area contributed by atoms with Crippen molar-refractivity contribution in [1.29, 1.82) is 0 Å². The van der Waals surface area contributed by atoms with E-state index < -0.39 is 12.1 Å². The van der Waals surface area contributed by atoms with Gasteiger partial charge in [0.1, 0.15) is 5.75 Å². The van der Waals surface area contributed by atoms with Gasteiger partial charge < -0.3 is 14.7 Å². The zero-order valence-corrected chi connectivity index (χ0v) is 11.3. The third kappa shape index (κ3) is 2.48. The maximum Gasteiger partial charge on any atom is 0.336 e. The van der Waals surface area contributed by atoms with Gasteiger partial charge >= 0.3 is 5.97 Å². The van der Waals surface area contributed by atoms with Crippen LogP contribution in [-0.2, 0) is 4.79 Å². The lowest BCUT2D eigenvalue weighted by molar-refractivity contribution is -0.132. The molecule has 1 heterocycles. The number of benzene rings is 1. The normalized spacial score (nSPS) is 19.1. The van der Waals surface area contributed by atoms with Gasteiger partial charge in [-0.15, -0.1) is 0 Å². The van der Waals surface area contributed by atoms with Gasteiger partial charge in [-0.1, -0.05) is 0 Å². The van der Waals surface area contributed by atoms with Crippen molar-refractivity contribution >= 4 is 27.8 Å². The number of amides is 1. The van der Waals surface area contributed by atoms with Gasteiger partial charge in [0.15, 0.2) is 6.10 Å². The molecule has 0 aromatic heterocycles. The molecule has 6 heteroatoms. The molecule has 5 nitrogen and oxygen atoms in total. The van der Waals surface area contributed by atoms with Crippen molar-refractivity contribution in [2.45, 2.75) is 12.5 Å². The Morgan fingerprint density at radius 3 is 2.83 bits per heavy atom. The van der Waals surface area contributed by atoms with Crippen LogP contribution in [0.4, 0.5) is 0 Å². The fraction of sp³-hybridized carbons (Fsp3) is 0.333. The predicted octanol–water partition coefficient (Wildman–Crippen LogP) is 1.76. The molecular formula is C12H12BrNO4. The minimum atomic E-state index is -1.04. The molecule has 96 valence electrons. The van der Waals surface area contributed by atoms with E-state index in [0.29, 0.717) is 23.2 Å². The Bertz CT molecular complexity index is 503. The molecule has 1 amide bonds. The second kappa shape index (κ2) is 4.97. The van der Waals surface area contributed by atoms with Gasteiger partial charge in [-0.05, 0) is 34.1 Å². The number of likely N-dealkylation sites (N-methyl/N-ethyl adjacent to an activating group) is 1. The molecule has 1 saturated heterocycles. The minimum Gasteiger partial charge on any atom is -0.481 e. The maximum atomic E-state index is 11.7. The highest BCUT2D eigenvalue weighted by Gasteiger charge is 2.30. The van der Waals surface area contributed by atoms with E-state index in [-0.39, 0.29) is 11.5 Å². The first kappa shape index (κ1) is 12.9. The highest BCUT2D eigenvalue weighted by molar-refractivity contribution is 9.10. The number of hydrogen-bond donors (Lipinski definition) is 1. The van der Waals surface area contributed by atoms with Gasteiger partial charge in [-0.3, -0.25) is 4.79 Å². The van der Waals surface area contributed by atoms with E-state index in [1.807, 2.05) is 0 Å². The number of likely N-dealkylation sites (tertiary alicyclic amines) is 1. The summed E-state index contributed by atoms with van der Waals surface area (Å²) in [6, 6.07) is 4.65. The standard InChI is InChI=1S/C12H12BrNO4/c1-14-5-4-10(11(14)15)18-7-2-3-9(13)8(6-7)12(16)17/h2-3,6,10H,4-5H2,1H3,(H,16,17). The van der Waals surface area contributed by atoms with Crippen molar-refractivity contribution in [3.8, 4) is 5.75 Å². The Labute approximate surface area is 112 Å². The molecule has 2 rings (SSSR count). The second-order valence-corrected chi connectivity index (χ2v) is 4.96. The van der Waals surface area contributed by atoms with Gasteiger partial charge in [0.25, 0.3) is 5.91 Å². The molecule has 1 N–H and O–H groups in total. The number of carbonyl (C=O) groups is 2. The first-order valence-corrected chi connectivity index (χ1v) is 6.23. The zero-order chi connectivity index (χ0) is 13.3. The van der Waals surface area contributed by atoms with Crippen molar-refractivity contribution in [1.82, 2.24) is 4.90 Å². The number of ether oxygens (including phenoxy) is 1. The molecule has 0 radical (unpaired) electrons. The lowest BCUT2D eigenvalue weighted by Crippen LogP contribution is -2.29. The Balaban J connectivity index is 2.18. The highest BCUT2D eigenvalue weighted by Crippen LogP contribution is 2.25.